The molecule has 170 valence electrons. The molecule has 1 aromatic carbocycles. The van der Waals surface area contributed by atoms with Gasteiger partial charge in [0, 0.05) is 6.20 Å². The van der Waals surface area contributed by atoms with Crippen LogP contribution in [-0.4, -0.2) is 39.4 Å². The number of carbonyl (C=O) groups is 1. The topological polar surface area (TPSA) is 100 Å². The van der Waals surface area contributed by atoms with Crippen LogP contribution in [0.4, 0.5) is 20.4 Å². The first kappa shape index (κ1) is 22.9. The van der Waals surface area contributed by atoms with Gasteiger partial charge in [0.2, 0.25) is 5.95 Å². The maximum absolute atomic E-state index is 14.3. The van der Waals surface area contributed by atoms with Crippen LogP contribution in [0.2, 0.25) is 0 Å². The Kier molecular flexibility index (Phi) is 7.53. The fraction of sp³-hybridized carbons (Fsp3) is 0.333. The maximum Gasteiger partial charge on any atom is 0.307 e. The van der Waals surface area contributed by atoms with Gasteiger partial charge in [-0.25, -0.2) is 18.7 Å². The van der Waals surface area contributed by atoms with Gasteiger partial charge in [-0.3, -0.25) is 9.48 Å². The largest absolute Gasteiger partial charge is 0.494 e. The number of benzene rings is 1. The van der Waals surface area contributed by atoms with Crippen LogP contribution in [0.5, 0.6) is 11.5 Å². The Morgan fingerprint density at radius 3 is 2.62 bits per heavy atom. The summed E-state index contributed by atoms with van der Waals surface area (Å²) in [6.45, 7) is 3.64. The number of ether oxygens (including phenoxy) is 3. The van der Waals surface area contributed by atoms with E-state index < -0.39 is 11.6 Å². The first-order valence-corrected chi connectivity index (χ1v) is 9.82. The van der Waals surface area contributed by atoms with Crippen LogP contribution in [0, 0.1) is 18.6 Å². The second-order valence-electron chi connectivity index (χ2n) is 6.71. The monoisotopic (exact) mass is 447 g/mol. The van der Waals surface area contributed by atoms with Crippen LogP contribution in [0.15, 0.2) is 30.9 Å². The lowest BCUT2D eigenvalue weighted by molar-refractivity contribution is -0.143. The molecule has 0 aliphatic heterocycles. The molecule has 3 rings (SSSR count). The summed E-state index contributed by atoms with van der Waals surface area (Å²) in [7, 11) is 1.31. The molecule has 2 heterocycles. The average molecular weight is 447 g/mol. The summed E-state index contributed by atoms with van der Waals surface area (Å²) in [6.07, 6.45) is 6.23. The van der Waals surface area contributed by atoms with Gasteiger partial charge in [0.05, 0.1) is 56.5 Å². The quantitative estimate of drug-likeness (QED) is 0.471. The van der Waals surface area contributed by atoms with E-state index in [0.717, 1.165) is 0 Å². The molecule has 0 aliphatic carbocycles. The van der Waals surface area contributed by atoms with E-state index in [-0.39, 0.29) is 47.6 Å². The SMILES string of the molecule is CCOC(=O)CCn1cc(Nc2ncc(OCc3c(F)c(C)cc(OC)c3F)cn2)cn1. The lowest BCUT2D eigenvalue weighted by Gasteiger charge is -2.12. The first-order chi connectivity index (χ1) is 15.4. The summed E-state index contributed by atoms with van der Waals surface area (Å²) in [5, 5.41) is 7.11. The summed E-state index contributed by atoms with van der Waals surface area (Å²) < 4.78 is 45.5. The Morgan fingerprint density at radius 1 is 1.19 bits per heavy atom. The number of aryl methyl sites for hydroxylation is 2. The third-order valence-electron chi connectivity index (χ3n) is 4.41. The Morgan fingerprint density at radius 2 is 1.94 bits per heavy atom. The molecule has 0 fully saturated rings. The molecule has 0 bridgehead atoms. The minimum absolute atomic E-state index is 0.0545. The number of methoxy groups -OCH3 is 1. The molecule has 0 unspecified atom stereocenters. The second kappa shape index (κ2) is 10.5. The minimum Gasteiger partial charge on any atom is -0.494 e. The highest BCUT2D eigenvalue weighted by Crippen LogP contribution is 2.27. The molecule has 0 aliphatic rings. The number of aromatic nitrogens is 4. The van der Waals surface area contributed by atoms with Crippen molar-refractivity contribution in [3.63, 3.8) is 0 Å². The van der Waals surface area contributed by atoms with E-state index >= 15 is 0 Å². The van der Waals surface area contributed by atoms with Crippen molar-refractivity contribution in [2.24, 2.45) is 0 Å². The van der Waals surface area contributed by atoms with Gasteiger partial charge in [-0.15, -0.1) is 0 Å². The van der Waals surface area contributed by atoms with Gasteiger partial charge in [-0.2, -0.15) is 5.10 Å². The molecule has 0 atom stereocenters. The number of nitrogens with one attached hydrogen (secondary N) is 1. The number of hydrogen-bond acceptors (Lipinski definition) is 8. The van der Waals surface area contributed by atoms with Crippen molar-refractivity contribution in [3.8, 4) is 11.5 Å². The van der Waals surface area contributed by atoms with Crippen LogP contribution in [-0.2, 0) is 22.7 Å². The first-order valence-electron chi connectivity index (χ1n) is 9.82. The van der Waals surface area contributed by atoms with Gasteiger partial charge < -0.3 is 19.5 Å². The van der Waals surface area contributed by atoms with E-state index in [1.54, 1.807) is 24.0 Å². The lowest BCUT2D eigenvalue weighted by Crippen LogP contribution is -2.09. The van der Waals surface area contributed by atoms with Crippen molar-refractivity contribution in [2.75, 3.05) is 19.0 Å². The molecule has 3 aromatic rings. The Bertz CT molecular complexity index is 1070. The average Bonchev–Trinajstić information content (AvgIpc) is 3.23. The molecular formula is C21H23F2N5O4. The number of halogens is 2. The van der Waals surface area contributed by atoms with E-state index in [1.165, 1.54) is 32.5 Å². The van der Waals surface area contributed by atoms with Crippen molar-refractivity contribution in [1.82, 2.24) is 19.7 Å². The van der Waals surface area contributed by atoms with Crippen molar-refractivity contribution in [1.29, 1.82) is 0 Å². The predicted molar refractivity (Wildman–Crippen MR) is 111 cm³/mol. The highest BCUT2D eigenvalue weighted by molar-refractivity contribution is 5.69. The molecule has 0 saturated heterocycles. The van der Waals surface area contributed by atoms with E-state index in [9.17, 15) is 13.6 Å². The molecule has 0 radical (unpaired) electrons. The van der Waals surface area contributed by atoms with Crippen LogP contribution in [0.25, 0.3) is 0 Å². The molecule has 1 N–H and O–H groups in total. The zero-order valence-electron chi connectivity index (χ0n) is 17.9. The van der Waals surface area contributed by atoms with E-state index in [1.807, 2.05) is 0 Å². The number of rotatable bonds is 10. The predicted octanol–water partition coefficient (Wildman–Crippen LogP) is 3.54. The standard InChI is InChI=1S/C21H23F2N5O4/c1-4-31-18(29)5-6-28-11-14(8-26-28)27-21-24-9-15(10-25-21)32-12-16-19(22)13(2)7-17(30-3)20(16)23/h7-11H,4-6,12H2,1-3H3,(H,24,25,27). The van der Waals surface area contributed by atoms with E-state index in [4.69, 9.17) is 14.2 Å². The van der Waals surface area contributed by atoms with Crippen molar-refractivity contribution >= 4 is 17.6 Å². The smallest absolute Gasteiger partial charge is 0.307 e. The van der Waals surface area contributed by atoms with Crippen molar-refractivity contribution < 1.29 is 27.8 Å². The van der Waals surface area contributed by atoms with E-state index in [0.29, 0.717) is 18.8 Å². The highest BCUT2D eigenvalue weighted by Gasteiger charge is 2.18. The van der Waals surface area contributed by atoms with Crippen molar-refractivity contribution in [2.45, 2.75) is 33.4 Å². The molecular weight excluding hydrogens is 424 g/mol. The molecule has 0 spiro atoms. The molecule has 11 heteroatoms. The Balaban J connectivity index is 1.57. The number of nitrogens with zero attached hydrogens (tertiary/aromatic N) is 4. The summed E-state index contributed by atoms with van der Waals surface area (Å²) in [5.74, 6) is -1.34. The van der Waals surface area contributed by atoms with Crippen LogP contribution >= 0.6 is 0 Å². The number of esters is 1. The minimum atomic E-state index is -0.810. The third-order valence-corrected chi connectivity index (χ3v) is 4.41. The zero-order chi connectivity index (χ0) is 23.1. The Hall–Kier alpha value is -3.76. The van der Waals surface area contributed by atoms with Gasteiger partial charge in [0.25, 0.3) is 0 Å². The van der Waals surface area contributed by atoms with Crippen molar-refractivity contribution in [3.05, 3.63) is 53.6 Å². The van der Waals surface area contributed by atoms with Gasteiger partial charge in [-0.1, -0.05) is 0 Å². The summed E-state index contributed by atoms with van der Waals surface area (Å²) in [5.41, 5.74) is 0.637. The molecule has 9 nitrogen and oxygen atoms in total. The van der Waals surface area contributed by atoms with Gasteiger partial charge in [0.1, 0.15) is 12.4 Å². The number of anilines is 2. The molecule has 0 saturated carbocycles. The summed E-state index contributed by atoms with van der Waals surface area (Å²) in [6, 6.07) is 1.29. The molecule has 2 aromatic heterocycles. The fourth-order valence-electron chi connectivity index (χ4n) is 2.81. The fourth-order valence-corrected chi connectivity index (χ4v) is 2.81. The third kappa shape index (κ3) is 5.68. The number of carbonyl (C=O) groups excluding carboxylic acids is 1. The molecule has 0 amide bonds. The normalized spacial score (nSPS) is 10.7. The van der Waals surface area contributed by atoms with E-state index in [2.05, 4.69) is 20.4 Å². The highest BCUT2D eigenvalue weighted by atomic mass is 19.1. The Labute approximate surface area is 183 Å². The number of hydrogen-bond donors (Lipinski definition) is 1. The summed E-state index contributed by atoms with van der Waals surface area (Å²) in [4.78, 5) is 19.7. The van der Waals surface area contributed by atoms with Gasteiger partial charge in [-0.05, 0) is 25.5 Å². The van der Waals surface area contributed by atoms with Crippen LogP contribution < -0.4 is 14.8 Å². The van der Waals surface area contributed by atoms with Crippen LogP contribution in [0.3, 0.4) is 0 Å². The van der Waals surface area contributed by atoms with Gasteiger partial charge in [0.15, 0.2) is 17.3 Å². The van der Waals surface area contributed by atoms with Crippen LogP contribution in [0.1, 0.15) is 24.5 Å². The maximum atomic E-state index is 14.3. The summed E-state index contributed by atoms with van der Waals surface area (Å²) >= 11 is 0. The van der Waals surface area contributed by atoms with Gasteiger partial charge >= 0.3 is 5.97 Å². The second-order valence-corrected chi connectivity index (χ2v) is 6.71. The zero-order valence-corrected chi connectivity index (χ0v) is 17.9. The molecule has 32 heavy (non-hydrogen) atoms. The lowest BCUT2D eigenvalue weighted by atomic mass is 10.1.